The number of hydrogen-bond donors (Lipinski definition) is 1. The van der Waals surface area contributed by atoms with Crippen molar-refractivity contribution in [1.29, 1.82) is 0 Å². The number of nitrogens with zero attached hydrogens (tertiary/aromatic N) is 2. The SMILES string of the molecule is CO[C@H](C)c1nc(CN2CCC[C@H]2[C@@H](O)C(F)(F)F)cs1. The number of aliphatic hydroxyl groups excluding tert-OH is 1. The molecule has 4 nitrogen and oxygen atoms in total. The van der Waals surface area contributed by atoms with Gasteiger partial charge in [-0.05, 0) is 26.3 Å². The molecule has 2 rings (SSSR count). The summed E-state index contributed by atoms with van der Waals surface area (Å²) in [5.74, 6) is 0. The number of hydrogen-bond acceptors (Lipinski definition) is 5. The summed E-state index contributed by atoms with van der Waals surface area (Å²) in [5.41, 5.74) is 0.722. The van der Waals surface area contributed by atoms with Crippen LogP contribution in [0, 0.1) is 0 Å². The van der Waals surface area contributed by atoms with Gasteiger partial charge >= 0.3 is 6.18 Å². The Morgan fingerprint density at radius 1 is 1.57 bits per heavy atom. The topological polar surface area (TPSA) is 45.6 Å². The lowest BCUT2D eigenvalue weighted by molar-refractivity contribution is -0.219. The molecular formula is C13H19F3N2O2S. The van der Waals surface area contributed by atoms with Crippen molar-refractivity contribution in [3.8, 4) is 0 Å². The van der Waals surface area contributed by atoms with Crippen LogP contribution in [-0.4, -0.2) is 47.0 Å². The molecule has 0 radical (unpaired) electrons. The summed E-state index contributed by atoms with van der Waals surface area (Å²) in [4.78, 5) is 6.05. The van der Waals surface area contributed by atoms with Gasteiger partial charge in [-0.2, -0.15) is 13.2 Å². The maximum atomic E-state index is 12.7. The fourth-order valence-corrected chi connectivity index (χ4v) is 3.36. The maximum absolute atomic E-state index is 12.7. The molecule has 1 aliphatic heterocycles. The Morgan fingerprint density at radius 2 is 2.29 bits per heavy atom. The van der Waals surface area contributed by atoms with E-state index in [1.807, 2.05) is 12.3 Å². The van der Waals surface area contributed by atoms with Crippen LogP contribution in [-0.2, 0) is 11.3 Å². The van der Waals surface area contributed by atoms with E-state index >= 15 is 0 Å². The van der Waals surface area contributed by atoms with Crippen molar-refractivity contribution < 1.29 is 23.0 Å². The van der Waals surface area contributed by atoms with Crippen LogP contribution in [0.4, 0.5) is 13.2 Å². The van der Waals surface area contributed by atoms with E-state index in [0.29, 0.717) is 25.9 Å². The molecule has 1 N–H and O–H groups in total. The lowest BCUT2D eigenvalue weighted by atomic mass is 10.1. The second-order valence-corrected chi connectivity index (χ2v) is 6.11. The molecule has 3 atom stereocenters. The largest absolute Gasteiger partial charge is 0.415 e. The van der Waals surface area contributed by atoms with E-state index in [-0.39, 0.29) is 6.10 Å². The minimum atomic E-state index is -4.58. The highest BCUT2D eigenvalue weighted by Crippen LogP contribution is 2.32. The van der Waals surface area contributed by atoms with Gasteiger partial charge in [0.25, 0.3) is 0 Å². The standard InChI is InChI=1S/C13H19F3N2O2S/c1-8(20-2)12-17-9(7-21-12)6-18-5-3-4-10(18)11(19)13(14,15)16/h7-8,10-11,19H,3-6H2,1-2H3/t8-,10+,11-/m1/s1. The van der Waals surface area contributed by atoms with E-state index in [1.165, 1.54) is 11.3 Å². The lowest BCUT2D eigenvalue weighted by Crippen LogP contribution is -2.46. The average Bonchev–Trinajstić information content (AvgIpc) is 3.05. The summed E-state index contributed by atoms with van der Waals surface area (Å²) in [6.45, 7) is 2.74. The Kier molecular flexibility index (Phi) is 5.24. The van der Waals surface area contributed by atoms with Gasteiger partial charge in [-0.15, -0.1) is 11.3 Å². The number of aromatic nitrogens is 1. The number of aliphatic hydroxyl groups is 1. The predicted octanol–water partition coefficient (Wildman–Crippen LogP) is 2.74. The molecule has 0 spiro atoms. The zero-order valence-electron chi connectivity index (χ0n) is 11.9. The smallest absolute Gasteiger partial charge is 0.382 e. The number of alkyl halides is 3. The van der Waals surface area contributed by atoms with E-state index in [2.05, 4.69) is 4.98 Å². The van der Waals surface area contributed by atoms with Crippen LogP contribution in [0.5, 0.6) is 0 Å². The highest BCUT2D eigenvalue weighted by molar-refractivity contribution is 7.09. The molecule has 0 aliphatic carbocycles. The molecule has 1 fully saturated rings. The van der Waals surface area contributed by atoms with Crippen molar-refractivity contribution in [2.75, 3.05) is 13.7 Å². The number of likely N-dealkylation sites (tertiary alicyclic amines) is 1. The van der Waals surface area contributed by atoms with E-state index in [4.69, 9.17) is 4.74 Å². The third-order valence-corrected chi connectivity index (χ3v) is 4.80. The molecule has 0 amide bonds. The molecule has 21 heavy (non-hydrogen) atoms. The fourth-order valence-electron chi connectivity index (χ4n) is 2.51. The van der Waals surface area contributed by atoms with Crippen molar-refractivity contribution in [3.63, 3.8) is 0 Å². The first-order valence-corrected chi connectivity index (χ1v) is 7.66. The summed E-state index contributed by atoms with van der Waals surface area (Å²) in [7, 11) is 1.59. The molecule has 0 bridgehead atoms. The minimum absolute atomic E-state index is 0.126. The second kappa shape index (κ2) is 6.60. The number of ether oxygens (including phenoxy) is 1. The Balaban J connectivity index is 2.03. The van der Waals surface area contributed by atoms with E-state index < -0.39 is 18.3 Å². The van der Waals surface area contributed by atoms with Gasteiger partial charge in [0.15, 0.2) is 6.10 Å². The van der Waals surface area contributed by atoms with Gasteiger partial charge in [0.2, 0.25) is 0 Å². The molecule has 8 heteroatoms. The van der Waals surface area contributed by atoms with Gasteiger partial charge in [-0.25, -0.2) is 4.98 Å². The Hall–Kier alpha value is -0.700. The average molecular weight is 324 g/mol. The van der Waals surface area contributed by atoms with Gasteiger partial charge in [0.05, 0.1) is 5.69 Å². The molecule has 120 valence electrons. The first-order chi connectivity index (χ1) is 9.82. The Morgan fingerprint density at radius 3 is 2.90 bits per heavy atom. The maximum Gasteiger partial charge on any atom is 0.415 e. The summed E-state index contributed by atoms with van der Waals surface area (Å²) in [5, 5.41) is 12.1. The van der Waals surface area contributed by atoms with E-state index in [0.717, 1.165) is 10.7 Å². The van der Waals surface area contributed by atoms with Crippen LogP contribution in [0.1, 0.15) is 36.6 Å². The number of halogens is 3. The first-order valence-electron chi connectivity index (χ1n) is 6.79. The molecule has 1 aliphatic rings. The van der Waals surface area contributed by atoms with Crippen molar-refractivity contribution in [2.45, 2.75) is 50.7 Å². The van der Waals surface area contributed by atoms with Crippen molar-refractivity contribution in [2.24, 2.45) is 0 Å². The van der Waals surface area contributed by atoms with Gasteiger partial charge in [-0.3, -0.25) is 4.90 Å². The fraction of sp³-hybridized carbons (Fsp3) is 0.769. The quantitative estimate of drug-likeness (QED) is 0.905. The molecule has 1 aromatic heterocycles. The van der Waals surface area contributed by atoms with Crippen LogP contribution in [0.25, 0.3) is 0 Å². The van der Waals surface area contributed by atoms with Crippen molar-refractivity contribution >= 4 is 11.3 Å². The third-order valence-electron chi connectivity index (χ3n) is 3.75. The van der Waals surface area contributed by atoms with Gasteiger partial charge in [0.1, 0.15) is 11.1 Å². The monoisotopic (exact) mass is 324 g/mol. The third kappa shape index (κ3) is 3.94. The van der Waals surface area contributed by atoms with Crippen LogP contribution < -0.4 is 0 Å². The zero-order chi connectivity index (χ0) is 15.6. The van der Waals surface area contributed by atoms with Crippen molar-refractivity contribution in [1.82, 2.24) is 9.88 Å². The molecule has 0 saturated carbocycles. The molecule has 0 unspecified atom stereocenters. The zero-order valence-corrected chi connectivity index (χ0v) is 12.7. The lowest BCUT2D eigenvalue weighted by Gasteiger charge is -2.29. The van der Waals surface area contributed by atoms with Crippen LogP contribution >= 0.6 is 11.3 Å². The van der Waals surface area contributed by atoms with Crippen LogP contribution in [0.15, 0.2) is 5.38 Å². The van der Waals surface area contributed by atoms with Crippen LogP contribution in [0.3, 0.4) is 0 Å². The van der Waals surface area contributed by atoms with Gasteiger partial charge in [-0.1, -0.05) is 0 Å². The summed E-state index contributed by atoms with van der Waals surface area (Å²) in [6.07, 6.45) is -5.99. The minimum Gasteiger partial charge on any atom is -0.382 e. The molecule has 1 saturated heterocycles. The summed E-state index contributed by atoms with van der Waals surface area (Å²) < 4.78 is 43.2. The molecule has 1 aromatic rings. The highest BCUT2D eigenvalue weighted by Gasteiger charge is 2.47. The number of rotatable bonds is 5. The van der Waals surface area contributed by atoms with Gasteiger partial charge < -0.3 is 9.84 Å². The summed E-state index contributed by atoms with van der Waals surface area (Å²) in [6, 6.07) is -0.880. The molecule has 0 aromatic carbocycles. The van der Waals surface area contributed by atoms with E-state index in [1.54, 1.807) is 12.0 Å². The number of methoxy groups -OCH3 is 1. The first kappa shape index (κ1) is 16.7. The van der Waals surface area contributed by atoms with Crippen molar-refractivity contribution in [3.05, 3.63) is 16.1 Å². The molecule has 2 heterocycles. The highest BCUT2D eigenvalue weighted by atomic mass is 32.1. The summed E-state index contributed by atoms with van der Waals surface area (Å²) >= 11 is 1.43. The number of thiazole rings is 1. The Bertz CT molecular complexity index is 467. The Labute approximate surface area is 125 Å². The van der Waals surface area contributed by atoms with Crippen LogP contribution in [0.2, 0.25) is 0 Å². The second-order valence-electron chi connectivity index (χ2n) is 5.22. The molecular weight excluding hydrogens is 305 g/mol. The van der Waals surface area contributed by atoms with E-state index in [9.17, 15) is 18.3 Å². The van der Waals surface area contributed by atoms with Gasteiger partial charge in [0, 0.05) is 25.1 Å². The normalized spacial score (nSPS) is 23.4. The predicted molar refractivity (Wildman–Crippen MR) is 73.0 cm³/mol.